The first kappa shape index (κ1) is 14.1. The fourth-order valence-corrected chi connectivity index (χ4v) is 2.71. The lowest BCUT2D eigenvalue weighted by molar-refractivity contribution is 0.00966. The lowest BCUT2D eigenvalue weighted by Gasteiger charge is -2.36. The number of likely N-dealkylation sites (tertiary alicyclic amines) is 1. The highest BCUT2D eigenvalue weighted by atomic mass is 127. The number of amides is 1. The van der Waals surface area contributed by atoms with E-state index in [2.05, 4.69) is 22.6 Å². The van der Waals surface area contributed by atoms with E-state index in [4.69, 9.17) is 4.74 Å². The van der Waals surface area contributed by atoms with Crippen molar-refractivity contribution in [3.05, 3.63) is 0 Å². The van der Waals surface area contributed by atoms with Crippen molar-refractivity contribution in [1.29, 1.82) is 0 Å². The summed E-state index contributed by atoms with van der Waals surface area (Å²) in [5, 5.41) is 0. The molecule has 4 heteroatoms. The van der Waals surface area contributed by atoms with E-state index in [1.165, 1.54) is 6.42 Å². The van der Waals surface area contributed by atoms with Crippen LogP contribution in [0.1, 0.15) is 46.5 Å². The molecule has 0 aromatic heterocycles. The van der Waals surface area contributed by atoms with Gasteiger partial charge in [0.25, 0.3) is 0 Å². The first-order valence-corrected chi connectivity index (χ1v) is 7.52. The van der Waals surface area contributed by atoms with Crippen LogP contribution in [-0.4, -0.2) is 33.6 Å². The maximum Gasteiger partial charge on any atom is 0.410 e. The van der Waals surface area contributed by atoms with Gasteiger partial charge in [0.1, 0.15) is 5.60 Å². The molecule has 0 saturated carbocycles. The molecule has 3 nitrogen and oxygen atoms in total. The Morgan fingerprint density at radius 1 is 1.44 bits per heavy atom. The first-order chi connectivity index (χ1) is 7.44. The van der Waals surface area contributed by atoms with E-state index < -0.39 is 0 Å². The quantitative estimate of drug-likeness (QED) is 0.568. The van der Waals surface area contributed by atoms with Gasteiger partial charge in [0, 0.05) is 17.0 Å². The van der Waals surface area contributed by atoms with Crippen LogP contribution < -0.4 is 0 Å². The second-order valence-corrected chi connectivity index (χ2v) is 6.38. The molecule has 0 bridgehead atoms. The maximum atomic E-state index is 12.0. The molecule has 0 radical (unpaired) electrons. The van der Waals surface area contributed by atoms with Crippen LogP contribution >= 0.6 is 22.6 Å². The van der Waals surface area contributed by atoms with E-state index in [1.54, 1.807) is 0 Å². The summed E-state index contributed by atoms with van der Waals surface area (Å²) in [6.45, 7) is 6.61. The average Bonchev–Trinajstić information content (AvgIpc) is 2.16. The van der Waals surface area contributed by atoms with Gasteiger partial charge in [-0.2, -0.15) is 0 Å². The van der Waals surface area contributed by atoms with Crippen LogP contribution in [0.2, 0.25) is 0 Å². The fraction of sp³-hybridized carbons (Fsp3) is 0.917. The van der Waals surface area contributed by atoms with Crippen LogP contribution in [-0.2, 0) is 4.74 Å². The molecule has 16 heavy (non-hydrogen) atoms. The molecule has 1 unspecified atom stereocenters. The molecule has 0 spiro atoms. The Morgan fingerprint density at radius 2 is 2.12 bits per heavy atom. The molecule has 1 rings (SSSR count). The Kier molecular flexibility index (Phi) is 5.34. The van der Waals surface area contributed by atoms with Crippen LogP contribution in [0, 0.1) is 0 Å². The topological polar surface area (TPSA) is 29.5 Å². The molecule has 0 N–H and O–H groups in total. The van der Waals surface area contributed by atoms with Crippen molar-refractivity contribution in [1.82, 2.24) is 4.90 Å². The van der Waals surface area contributed by atoms with E-state index in [-0.39, 0.29) is 11.7 Å². The van der Waals surface area contributed by atoms with Crippen LogP contribution in [0.3, 0.4) is 0 Å². The zero-order valence-electron chi connectivity index (χ0n) is 10.5. The van der Waals surface area contributed by atoms with E-state index >= 15 is 0 Å². The van der Waals surface area contributed by atoms with E-state index in [9.17, 15) is 4.79 Å². The lowest BCUT2D eigenvalue weighted by atomic mass is 10.0. The van der Waals surface area contributed by atoms with Crippen LogP contribution in [0.5, 0.6) is 0 Å². The molecule has 94 valence electrons. The number of halogens is 1. The number of hydrogen-bond acceptors (Lipinski definition) is 2. The van der Waals surface area contributed by atoms with Crippen molar-refractivity contribution >= 4 is 28.7 Å². The van der Waals surface area contributed by atoms with Gasteiger partial charge in [-0.25, -0.2) is 4.79 Å². The van der Waals surface area contributed by atoms with Crippen molar-refractivity contribution < 1.29 is 9.53 Å². The Bertz CT molecular complexity index is 236. The highest BCUT2D eigenvalue weighted by molar-refractivity contribution is 14.1. The summed E-state index contributed by atoms with van der Waals surface area (Å²) in [6, 6.07) is 0.389. The third-order valence-corrected chi connectivity index (χ3v) is 3.32. The fourth-order valence-electron chi connectivity index (χ4n) is 1.99. The summed E-state index contributed by atoms with van der Waals surface area (Å²) >= 11 is 2.37. The molecule has 1 heterocycles. The van der Waals surface area contributed by atoms with Gasteiger partial charge in [0.2, 0.25) is 0 Å². The smallest absolute Gasteiger partial charge is 0.410 e. The number of ether oxygens (including phenoxy) is 1. The minimum absolute atomic E-state index is 0.137. The summed E-state index contributed by atoms with van der Waals surface area (Å²) in [6.07, 6.45) is 4.42. The molecule has 1 atom stereocenters. The largest absolute Gasteiger partial charge is 0.444 e. The first-order valence-electron chi connectivity index (χ1n) is 5.99. The maximum absolute atomic E-state index is 12.0. The normalized spacial score (nSPS) is 22.0. The number of alkyl halides is 1. The van der Waals surface area contributed by atoms with Crippen molar-refractivity contribution in [2.45, 2.75) is 58.1 Å². The van der Waals surface area contributed by atoms with E-state index in [1.807, 2.05) is 25.7 Å². The van der Waals surface area contributed by atoms with Gasteiger partial charge in [-0.15, -0.1) is 0 Å². The second-order valence-electron chi connectivity index (χ2n) is 5.30. The van der Waals surface area contributed by atoms with Crippen LogP contribution in [0.4, 0.5) is 4.79 Å². The summed E-state index contributed by atoms with van der Waals surface area (Å²) in [5.74, 6) is 0. The highest BCUT2D eigenvalue weighted by Crippen LogP contribution is 2.22. The Hall–Kier alpha value is 0. The molecular formula is C12H22INO2. The second kappa shape index (κ2) is 6.07. The lowest BCUT2D eigenvalue weighted by Crippen LogP contribution is -2.46. The highest BCUT2D eigenvalue weighted by Gasteiger charge is 2.29. The number of nitrogens with zero attached hydrogens (tertiary/aromatic N) is 1. The number of hydrogen-bond donors (Lipinski definition) is 0. The number of carbonyl (C=O) groups excluding carboxylic acids is 1. The van der Waals surface area contributed by atoms with Gasteiger partial charge in [-0.1, -0.05) is 22.6 Å². The third-order valence-electron chi connectivity index (χ3n) is 2.70. The van der Waals surface area contributed by atoms with E-state index in [0.717, 1.165) is 30.2 Å². The summed E-state index contributed by atoms with van der Waals surface area (Å²) in [5.41, 5.74) is -0.386. The van der Waals surface area contributed by atoms with Gasteiger partial charge in [-0.05, 0) is 46.5 Å². The van der Waals surface area contributed by atoms with Crippen molar-refractivity contribution in [2.24, 2.45) is 0 Å². The molecule has 1 amide bonds. The van der Waals surface area contributed by atoms with Crippen LogP contribution in [0.15, 0.2) is 0 Å². The molecule has 0 aliphatic carbocycles. The number of rotatable bonds is 2. The predicted octanol–water partition coefficient (Wildman–Crippen LogP) is 3.60. The molecule has 1 saturated heterocycles. The van der Waals surface area contributed by atoms with Gasteiger partial charge in [0.05, 0.1) is 0 Å². The SMILES string of the molecule is CC(C)(C)OC(=O)N1CCCCC1CCI. The average molecular weight is 339 g/mol. The molecule has 1 fully saturated rings. The summed E-state index contributed by atoms with van der Waals surface area (Å²) in [4.78, 5) is 13.9. The minimum atomic E-state index is -0.386. The summed E-state index contributed by atoms with van der Waals surface area (Å²) < 4.78 is 6.54. The van der Waals surface area contributed by atoms with E-state index in [0.29, 0.717) is 6.04 Å². The van der Waals surface area contributed by atoms with Gasteiger partial charge in [-0.3, -0.25) is 0 Å². The number of carbonyl (C=O) groups is 1. The zero-order chi connectivity index (χ0) is 12.2. The van der Waals surface area contributed by atoms with Crippen molar-refractivity contribution in [3.63, 3.8) is 0 Å². The molecule has 0 aromatic rings. The Morgan fingerprint density at radius 3 is 2.69 bits per heavy atom. The van der Waals surface area contributed by atoms with Crippen molar-refractivity contribution in [3.8, 4) is 0 Å². The number of piperidine rings is 1. The molecule has 1 aliphatic heterocycles. The predicted molar refractivity (Wildman–Crippen MR) is 74.1 cm³/mol. The molecule has 1 aliphatic rings. The monoisotopic (exact) mass is 339 g/mol. The summed E-state index contributed by atoms with van der Waals surface area (Å²) in [7, 11) is 0. The van der Waals surface area contributed by atoms with Crippen LogP contribution in [0.25, 0.3) is 0 Å². The van der Waals surface area contributed by atoms with Crippen molar-refractivity contribution in [2.75, 3.05) is 11.0 Å². The molecular weight excluding hydrogens is 317 g/mol. The minimum Gasteiger partial charge on any atom is -0.444 e. The van der Waals surface area contributed by atoms with Gasteiger partial charge >= 0.3 is 6.09 Å². The van der Waals surface area contributed by atoms with Gasteiger partial charge in [0.15, 0.2) is 0 Å². The standard InChI is InChI=1S/C12H22INO2/c1-12(2,3)16-11(15)14-9-5-4-6-10(14)7-8-13/h10H,4-9H2,1-3H3. The Balaban J connectivity index is 2.57. The Labute approximate surface area is 112 Å². The zero-order valence-corrected chi connectivity index (χ0v) is 12.6. The molecule has 0 aromatic carbocycles. The van der Waals surface area contributed by atoms with Gasteiger partial charge < -0.3 is 9.64 Å². The third kappa shape index (κ3) is 4.47.